The summed E-state index contributed by atoms with van der Waals surface area (Å²) in [6.45, 7) is 2.28. The number of non-ortho nitro benzene ring substituents is 1. The lowest BCUT2D eigenvalue weighted by atomic mass is 10.1. The Kier molecular flexibility index (Phi) is 4.14. The van der Waals surface area contributed by atoms with Crippen LogP contribution in [-0.2, 0) is 0 Å². The lowest BCUT2D eigenvalue weighted by Gasteiger charge is -2.35. The molecule has 0 bridgehead atoms. The summed E-state index contributed by atoms with van der Waals surface area (Å²) in [6.07, 6.45) is 0. The van der Waals surface area contributed by atoms with Gasteiger partial charge in [-0.05, 0) is 24.4 Å². The SMILES string of the molecule is NC(=S)N1CCN(C(=O)c2ccc([N+](=O)[O-])cc2)CC1. The van der Waals surface area contributed by atoms with Crippen LogP contribution < -0.4 is 5.73 Å². The number of rotatable bonds is 2. The molecule has 0 aromatic heterocycles. The molecule has 1 aromatic carbocycles. The molecule has 106 valence electrons. The largest absolute Gasteiger partial charge is 0.376 e. The third kappa shape index (κ3) is 3.02. The molecule has 8 heteroatoms. The van der Waals surface area contributed by atoms with E-state index in [9.17, 15) is 14.9 Å². The highest BCUT2D eigenvalue weighted by atomic mass is 32.1. The number of piperazine rings is 1. The van der Waals surface area contributed by atoms with E-state index in [2.05, 4.69) is 0 Å². The van der Waals surface area contributed by atoms with Crippen LogP contribution in [0.5, 0.6) is 0 Å². The van der Waals surface area contributed by atoms with Gasteiger partial charge < -0.3 is 15.5 Å². The van der Waals surface area contributed by atoms with E-state index in [1.165, 1.54) is 24.3 Å². The maximum absolute atomic E-state index is 12.2. The van der Waals surface area contributed by atoms with Crippen molar-refractivity contribution in [3.8, 4) is 0 Å². The summed E-state index contributed by atoms with van der Waals surface area (Å²) in [6, 6.07) is 5.61. The van der Waals surface area contributed by atoms with Gasteiger partial charge in [-0.1, -0.05) is 0 Å². The Hall–Kier alpha value is -2.22. The number of carbonyl (C=O) groups excluding carboxylic acids is 1. The number of nitro groups is 1. The lowest BCUT2D eigenvalue weighted by molar-refractivity contribution is -0.384. The molecule has 1 fully saturated rings. The van der Waals surface area contributed by atoms with E-state index >= 15 is 0 Å². The highest BCUT2D eigenvalue weighted by Crippen LogP contribution is 2.14. The van der Waals surface area contributed by atoms with Gasteiger partial charge in [0.25, 0.3) is 11.6 Å². The first-order chi connectivity index (χ1) is 9.49. The molecule has 0 aliphatic carbocycles. The molecule has 0 radical (unpaired) electrons. The first kappa shape index (κ1) is 14.2. The standard InChI is InChI=1S/C12H14N4O3S/c13-12(20)15-7-5-14(6-8-15)11(17)9-1-3-10(4-2-9)16(18)19/h1-4H,5-8H2,(H2,13,20). The fourth-order valence-corrected chi connectivity index (χ4v) is 2.22. The van der Waals surface area contributed by atoms with Gasteiger partial charge in [-0.3, -0.25) is 14.9 Å². The van der Waals surface area contributed by atoms with E-state index in [1.807, 2.05) is 4.90 Å². The number of benzene rings is 1. The molecule has 7 nitrogen and oxygen atoms in total. The van der Waals surface area contributed by atoms with Crippen LogP contribution in [0.15, 0.2) is 24.3 Å². The van der Waals surface area contributed by atoms with E-state index < -0.39 is 4.92 Å². The zero-order chi connectivity index (χ0) is 14.7. The van der Waals surface area contributed by atoms with E-state index in [0.29, 0.717) is 36.9 Å². The average Bonchev–Trinajstić information content (AvgIpc) is 2.46. The van der Waals surface area contributed by atoms with E-state index in [0.717, 1.165) is 0 Å². The zero-order valence-electron chi connectivity index (χ0n) is 10.7. The number of nitrogens with zero attached hydrogens (tertiary/aromatic N) is 3. The van der Waals surface area contributed by atoms with E-state index in [-0.39, 0.29) is 11.6 Å². The van der Waals surface area contributed by atoms with Gasteiger partial charge in [0.2, 0.25) is 0 Å². The molecule has 2 rings (SSSR count). The van der Waals surface area contributed by atoms with Crippen LogP contribution in [-0.4, -0.2) is 51.9 Å². The fourth-order valence-electron chi connectivity index (χ4n) is 2.04. The van der Waals surface area contributed by atoms with Crippen molar-refractivity contribution in [1.82, 2.24) is 9.80 Å². The molecule has 1 saturated heterocycles. The number of hydrogen-bond donors (Lipinski definition) is 1. The summed E-state index contributed by atoms with van der Waals surface area (Å²) in [5.41, 5.74) is 5.95. The lowest BCUT2D eigenvalue weighted by Crippen LogP contribution is -2.52. The van der Waals surface area contributed by atoms with Crippen molar-refractivity contribution in [3.05, 3.63) is 39.9 Å². The average molecular weight is 294 g/mol. The van der Waals surface area contributed by atoms with Crippen molar-refractivity contribution in [3.63, 3.8) is 0 Å². The molecule has 0 spiro atoms. The van der Waals surface area contributed by atoms with Crippen LogP contribution in [0.4, 0.5) is 5.69 Å². The van der Waals surface area contributed by atoms with Crippen molar-refractivity contribution in [2.24, 2.45) is 5.73 Å². The first-order valence-corrected chi connectivity index (χ1v) is 6.48. The molecule has 0 atom stereocenters. The highest BCUT2D eigenvalue weighted by molar-refractivity contribution is 7.80. The Bertz CT molecular complexity index is 538. The second-order valence-electron chi connectivity index (χ2n) is 4.42. The molecule has 1 heterocycles. The van der Waals surface area contributed by atoms with E-state index in [4.69, 9.17) is 18.0 Å². The van der Waals surface area contributed by atoms with Crippen LogP contribution in [0.25, 0.3) is 0 Å². The molecule has 1 aromatic rings. The number of amides is 1. The third-order valence-electron chi connectivity index (χ3n) is 3.20. The van der Waals surface area contributed by atoms with Gasteiger partial charge in [0.15, 0.2) is 5.11 Å². The fraction of sp³-hybridized carbons (Fsp3) is 0.333. The third-order valence-corrected chi connectivity index (χ3v) is 3.46. The van der Waals surface area contributed by atoms with Crippen LogP contribution in [0.1, 0.15) is 10.4 Å². The Morgan fingerprint density at radius 3 is 2.10 bits per heavy atom. The Morgan fingerprint density at radius 2 is 1.65 bits per heavy atom. The second kappa shape index (κ2) is 5.83. The molecule has 20 heavy (non-hydrogen) atoms. The van der Waals surface area contributed by atoms with Crippen molar-refractivity contribution < 1.29 is 9.72 Å². The van der Waals surface area contributed by atoms with E-state index in [1.54, 1.807) is 4.90 Å². The summed E-state index contributed by atoms with van der Waals surface area (Å²) in [5, 5.41) is 10.9. The number of carbonyl (C=O) groups is 1. The highest BCUT2D eigenvalue weighted by Gasteiger charge is 2.22. The molecular weight excluding hydrogens is 280 g/mol. The predicted octanol–water partition coefficient (Wildman–Crippen LogP) is 0.596. The maximum atomic E-state index is 12.2. The van der Waals surface area contributed by atoms with Gasteiger partial charge in [0, 0.05) is 43.9 Å². The van der Waals surface area contributed by atoms with Gasteiger partial charge in [0.05, 0.1) is 4.92 Å². The number of nitrogens with two attached hydrogens (primary N) is 1. The summed E-state index contributed by atoms with van der Waals surface area (Å²) in [7, 11) is 0. The number of hydrogen-bond acceptors (Lipinski definition) is 4. The Morgan fingerprint density at radius 1 is 1.15 bits per heavy atom. The summed E-state index contributed by atoms with van der Waals surface area (Å²) >= 11 is 4.89. The smallest absolute Gasteiger partial charge is 0.269 e. The first-order valence-electron chi connectivity index (χ1n) is 6.07. The van der Waals surface area contributed by atoms with Gasteiger partial charge in [-0.2, -0.15) is 0 Å². The molecular formula is C12H14N4O3S. The van der Waals surface area contributed by atoms with Crippen LogP contribution >= 0.6 is 12.2 Å². The number of thiocarbonyl (C=S) groups is 1. The molecule has 1 aliphatic heterocycles. The van der Waals surface area contributed by atoms with Crippen LogP contribution in [0.2, 0.25) is 0 Å². The molecule has 2 N–H and O–H groups in total. The maximum Gasteiger partial charge on any atom is 0.269 e. The molecule has 0 saturated carbocycles. The Balaban J connectivity index is 2.01. The zero-order valence-corrected chi connectivity index (χ0v) is 11.5. The summed E-state index contributed by atoms with van der Waals surface area (Å²) in [4.78, 5) is 25.8. The van der Waals surface area contributed by atoms with Gasteiger partial charge in [-0.15, -0.1) is 0 Å². The van der Waals surface area contributed by atoms with Crippen molar-refractivity contribution >= 4 is 28.9 Å². The minimum Gasteiger partial charge on any atom is -0.376 e. The van der Waals surface area contributed by atoms with Crippen LogP contribution in [0, 0.1) is 10.1 Å². The predicted molar refractivity (Wildman–Crippen MR) is 77.4 cm³/mol. The quantitative estimate of drug-likeness (QED) is 0.488. The molecule has 0 unspecified atom stereocenters. The normalized spacial score (nSPS) is 15.0. The summed E-state index contributed by atoms with van der Waals surface area (Å²) in [5.74, 6) is -0.137. The van der Waals surface area contributed by atoms with Gasteiger partial charge >= 0.3 is 0 Å². The number of nitro benzene ring substituents is 1. The van der Waals surface area contributed by atoms with Crippen molar-refractivity contribution in [2.45, 2.75) is 0 Å². The van der Waals surface area contributed by atoms with Crippen LogP contribution in [0.3, 0.4) is 0 Å². The molecule has 1 aliphatic rings. The minimum atomic E-state index is -0.491. The van der Waals surface area contributed by atoms with Gasteiger partial charge in [-0.25, -0.2) is 0 Å². The van der Waals surface area contributed by atoms with Crippen molar-refractivity contribution in [2.75, 3.05) is 26.2 Å². The minimum absolute atomic E-state index is 0.0279. The summed E-state index contributed by atoms with van der Waals surface area (Å²) < 4.78 is 0. The topological polar surface area (TPSA) is 92.7 Å². The monoisotopic (exact) mass is 294 g/mol. The second-order valence-corrected chi connectivity index (χ2v) is 4.84. The van der Waals surface area contributed by atoms with Gasteiger partial charge in [0.1, 0.15) is 0 Å². The Labute approximate surface area is 121 Å². The van der Waals surface area contributed by atoms with Crippen molar-refractivity contribution in [1.29, 1.82) is 0 Å². The molecule has 1 amide bonds.